The Bertz CT molecular complexity index is 504. The van der Waals surface area contributed by atoms with Gasteiger partial charge in [-0.1, -0.05) is 27.2 Å². The Morgan fingerprint density at radius 1 is 1.33 bits per heavy atom. The van der Waals surface area contributed by atoms with Crippen LogP contribution in [0.4, 0.5) is 5.82 Å². The predicted molar refractivity (Wildman–Crippen MR) is 62.9 cm³/mol. The lowest BCUT2D eigenvalue weighted by Crippen LogP contribution is -1.99. The van der Waals surface area contributed by atoms with Crippen LogP contribution in [0.25, 0.3) is 5.69 Å². The highest BCUT2D eigenvalue weighted by Crippen LogP contribution is 2.21. The van der Waals surface area contributed by atoms with Crippen LogP contribution >= 0.6 is 15.9 Å². The van der Waals surface area contributed by atoms with Crippen molar-refractivity contribution in [2.75, 3.05) is 5.73 Å². The Balaban J connectivity index is 2.55. The summed E-state index contributed by atoms with van der Waals surface area (Å²) in [5.74, 6) is 0.465. The minimum atomic E-state index is 0.465. The Hall–Kier alpha value is -1.36. The molecule has 0 atom stereocenters. The average molecular weight is 267 g/mol. The summed E-state index contributed by atoms with van der Waals surface area (Å²) in [5, 5.41) is 7.80. The fourth-order valence-electron chi connectivity index (χ4n) is 1.30. The molecule has 4 nitrogen and oxygen atoms in total. The molecule has 78 valence electrons. The van der Waals surface area contributed by atoms with Crippen molar-refractivity contribution in [3.63, 3.8) is 0 Å². The second-order valence-corrected chi connectivity index (χ2v) is 4.26. The van der Waals surface area contributed by atoms with E-state index in [1.165, 1.54) is 5.56 Å². The number of hydrogen-bond acceptors (Lipinski definition) is 3. The van der Waals surface area contributed by atoms with Gasteiger partial charge in [-0.2, -0.15) is 0 Å². The van der Waals surface area contributed by atoms with Crippen molar-refractivity contribution >= 4 is 21.7 Å². The highest BCUT2D eigenvalue weighted by atomic mass is 79.9. The lowest BCUT2D eigenvalue weighted by atomic mass is 10.2. The molecular formula is C10H11BrN4. The van der Waals surface area contributed by atoms with Crippen molar-refractivity contribution in [3.05, 3.63) is 33.9 Å². The third-order valence-electron chi connectivity index (χ3n) is 2.33. The summed E-state index contributed by atoms with van der Waals surface area (Å²) >= 11 is 3.48. The Labute approximate surface area is 96.2 Å². The largest absolute Gasteiger partial charge is 0.381 e. The molecule has 0 aliphatic rings. The molecule has 0 bridgehead atoms. The molecule has 0 spiro atoms. The van der Waals surface area contributed by atoms with E-state index in [4.69, 9.17) is 5.73 Å². The number of anilines is 1. The molecule has 5 heteroatoms. The zero-order valence-corrected chi connectivity index (χ0v) is 10.1. The lowest BCUT2D eigenvalue weighted by Gasteiger charge is -2.05. The number of rotatable bonds is 1. The topological polar surface area (TPSA) is 56.7 Å². The molecule has 2 rings (SSSR count). The SMILES string of the molecule is Cc1ccc(-n2nnc(N)c2C)cc1Br. The van der Waals surface area contributed by atoms with Gasteiger partial charge < -0.3 is 5.73 Å². The zero-order valence-electron chi connectivity index (χ0n) is 8.53. The van der Waals surface area contributed by atoms with E-state index < -0.39 is 0 Å². The normalized spacial score (nSPS) is 10.6. The maximum absolute atomic E-state index is 5.64. The van der Waals surface area contributed by atoms with Crippen LogP contribution in [0, 0.1) is 13.8 Å². The van der Waals surface area contributed by atoms with E-state index in [-0.39, 0.29) is 0 Å². The van der Waals surface area contributed by atoms with Crippen molar-refractivity contribution < 1.29 is 0 Å². The molecular weight excluding hydrogens is 256 g/mol. The molecule has 2 N–H and O–H groups in total. The van der Waals surface area contributed by atoms with Gasteiger partial charge in [-0.15, -0.1) is 5.10 Å². The number of halogens is 1. The quantitative estimate of drug-likeness (QED) is 0.861. The molecule has 2 aromatic rings. The first kappa shape index (κ1) is 10.2. The van der Waals surface area contributed by atoms with Crippen LogP contribution < -0.4 is 5.73 Å². The third-order valence-corrected chi connectivity index (χ3v) is 3.18. The van der Waals surface area contributed by atoms with Gasteiger partial charge in [-0.05, 0) is 31.5 Å². The van der Waals surface area contributed by atoms with Gasteiger partial charge in [0.05, 0.1) is 11.4 Å². The van der Waals surface area contributed by atoms with E-state index in [2.05, 4.69) is 26.2 Å². The molecule has 0 saturated heterocycles. The van der Waals surface area contributed by atoms with Gasteiger partial charge >= 0.3 is 0 Å². The standard InChI is InChI=1S/C10H11BrN4/c1-6-3-4-8(5-9(6)11)15-7(2)10(12)13-14-15/h3-5H,12H2,1-2H3. The van der Waals surface area contributed by atoms with Crippen LogP contribution in [0.1, 0.15) is 11.3 Å². The number of nitrogens with two attached hydrogens (primary N) is 1. The van der Waals surface area contributed by atoms with Crippen molar-refractivity contribution in [2.45, 2.75) is 13.8 Å². The fraction of sp³-hybridized carbons (Fsp3) is 0.200. The van der Waals surface area contributed by atoms with Crippen LogP contribution in [-0.2, 0) is 0 Å². The van der Waals surface area contributed by atoms with Gasteiger partial charge in [0.15, 0.2) is 5.82 Å². The van der Waals surface area contributed by atoms with Crippen molar-refractivity contribution in [3.8, 4) is 5.69 Å². The van der Waals surface area contributed by atoms with Gasteiger partial charge in [0.25, 0.3) is 0 Å². The van der Waals surface area contributed by atoms with E-state index in [1.54, 1.807) is 4.68 Å². The number of nitrogen functional groups attached to an aromatic ring is 1. The van der Waals surface area contributed by atoms with Gasteiger partial charge in [0, 0.05) is 4.47 Å². The van der Waals surface area contributed by atoms with Crippen molar-refractivity contribution in [1.29, 1.82) is 0 Å². The molecule has 0 aliphatic carbocycles. The molecule has 0 aliphatic heterocycles. The molecule has 1 aromatic carbocycles. The van der Waals surface area contributed by atoms with Gasteiger partial charge in [0.1, 0.15) is 0 Å². The van der Waals surface area contributed by atoms with E-state index in [0.717, 1.165) is 15.9 Å². The summed E-state index contributed by atoms with van der Waals surface area (Å²) in [6.45, 7) is 3.93. The maximum Gasteiger partial charge on any atom is 0.169 e. The maximum atomic E-state index is 5.64. The summed E-state index contributed by atoms with van der Waals surface area (Å²) in [7, 11) is 0. The molecule has 0 saturated carbocycles. The average Bonchev–Trinajstić information content (AvgIpc) is 2.53. The van der Waals surface area contributed by atoms with Crippen LogP contribution in [0.3, 0.4) is 0 Å². The summed E-state index contributed by atoms with van der Waals surface area (Å²) in [6.07, 6.45) is 0. The number of aromatic nitrogens is 3. The smallest absolute Gasteiger partial charge is 0.169 e. The highest BCUT2D eigenvalue weighted by molar-refractivity contribution is 9.10. The van der Waals surface area contributed by atoms with E-state index in [0.29, 0.717) is 5.82 Å². The summed E-state index contributed by atoms with van der Waals surface area (Å²) in [5.41, 5.74) is 8.63. The number of hydrogen-bond donors (Lipinski definition) is 1. The monoisotopic (exact) mass is 266 g/mol. The summed E-state index contributed by atoms with van der Waals surface area (Å²) in [4.78, 5) is 0. The predicted octanol–water partition coefficient (Wildman–Crippen LogP) is 2.23. The minimum Gasteiger partial charge on any atom is -0.381 e. The zero-order chi connectivity index (χ0) is 11.0. The molecule has 0 amide bonds. The molecule has 1 heterocycles. The van der Waals surface area contributed by atoms with Crippen molar-refractivity contribution in [1.82, 2.24) is 15.0 Å². The Morgan fingerprint density at radius 2 is 2.07 bits per heavy atom. The molecule has 0 fully saturated rings. The highest BCUT2D eigenvalue weighted by Gasteiger charge is 2.07. The minimum absolute atomic E-state index is 0.465. The van der Waals surface area contributed by atoms with Crippen LogP contribution in [0.15, 0.2) is 22.7 Å². The number of nitrogens with zero attached hydrogens (tertiary/aromatic N) is 3. The Kier molecular flexibility index (Phi) is 2.48. The fourth-order valence-corrected chi connectivity index (χ4v) is 1.67. The van der Waals surface area contributed by atoms with Crippen molar-refractivity contribution in [2.24, 2.45) is 0 Å². The Morgan fingerprint density at radius 3 is 2.60 bits per heavy atom. The molecule has 1 aromatic heterocycles. The third kappa shape index (κ3) is 1.74. The first-order chi connectivity index (χ1) is 7.09. The van der Waals surface area contributed by atoms with Crippen LogP contribution in [0.5, 0.6) is 0 Å². The summed E-state index contributed by atoms with van der Waals surface area (Å²) < 4.78 is 2.77. The first-order valence-corrected chi connectivity index (χ1v) is 5.33. The van der Waals surface area contributed by atoms with Crippen LogP contribution in [0.2, 0.25) is 0 Å². The molecule has 0 radical (unpaired) electrons. The van der Waals surface area contributed by atoms with Gasteiger partial charge in [-0.25, -0.2) is 4.68 Å². The van der Waals surface area contributed by atoms with E-state index >= 15 is 0 Å². The van der Waals surface area contributed by atoms with E-state index in [1.807, 2.05) is 32.0 Å². The van der Waals surface area contributed by atoms with Crippen LogP contribution in [-0.4, -0.2) is 15.0 Å². The first-order valence-electron chi connectivity index (χ1n) is 4.54. The second-order valence-electron chi connectivity index (χ2n) is 3.41. The van der Waals surface area contributed by atoms with Gasteiger partial charge in [0.2, 0.25) is 0 Å². The molecule has 0 unspecified atom stereocenters. The molecule has 15 heavy (non-hydrogen) atoms. The van der Waals surface area contributed by atoms with Gasteiger partial charge in [-0.3, -0.25) is 0 Å². The number of benzene rings is 1. The van der Waals surface area contributed by atoms with E-state index in [9.17, 15) is 0 Å². The lowest BCUT2D eigenvalue weighted by molar-refractivity contribution is 0.784. The number of aryl methyl sites for hydroxylation is 1. The summed E-state index contributed by atoms with van der Waals surface area (Å²) in [6, 6.07) is 6.01. The second kappa shape index (κ2) is 3.66.